The monoisotopic (exact) mass is 337 g/mol. The lowest BCUT2D eigenvalue weighted by Gasteiger charge is -2.19. The van der Waals surface area contributed by atoms with Gasteiger partial charge in [-0.2, -0.15) is 0 Å². The van der Waals surface area contributed by atoms with Gasteiger partial charge in [-0.1, -0.05) is 28.1 Å². The number of benzene rings is 2. The molecule has 0 radical (unpaired) electrons. The van der Waals surface area contributed by atoms with Gasteiger partial charge in [0, 0.05) is 15.6 Å². The van der Waals surface area contributed by atoms with Gasteiger partial charge >= 0.3 is 0 Å². The van der Waals surface area contributed by atoms with E-state index in [0.717, 1.165) is 26.9 Å². The first-order chi connectivity index (χ1) is 9.45. The highest BCUT2D eigenvalue weighted by Gasteiger charge is 2.19. The van der Waals surface area contributed by atoms with Crippen LogP contribution in [0.5, 0.6) is 5.75 Å². The van der Waals surface area contributed by atoms with Gasteiger partial charge in [0.05, 0.1) is 13.2 Å². The summed E-state index contributed by atoms with van der Waals surface area (Å²) in [6, 6.07) is 8.07. The van der Waals surface area contributed by atoms with Crippen molar-refractivity contribution in [1.29, 1.82) is 0 Å². The molecule has 1 atom stereocenters. The van der Waals surface area contributed by atoms with Crippen LogP contribution >= 0.6 is 15.9 Å². The molecule has 0 spiro atoms. The van der Waals surface area contributed by atoms with E-state index in [-0.39, 0.29) is 5.82 Å². The fourth-order valence-corrected chi connectivity index (χ4v) is 2.63. The van der Waals surface area contributed by atoms with Gasteiger partial charge in [0.2, 0.25) is 0 Å². The Hall–Kier alpha value is -1.39. The summed E-state index contributed by atoms with van der Waals surface area (Å²) in [6.07, 6.45) is 0. The Balaban J connectivity index is 2.56. The third-order valence-electron chi connectivity index (χ3n) is 3.54. The largest absolute Gasteiger partial charge is 0.496 e. The maximum absolute atomic E-state index is 14.0. The summed E-state index contributed by atoms with van der Waals surface area (Å²) in [5.41, 5.74) is 9.61. The molecule has 0 aliphatic rings. The van der Waals surface area contributed by atoms with Crippen molar-refractivity contribution in [2.75, 3.05) is 7.11 Å². The molecule has 2 rings (SSSR count). The Morgan fingerprint density at radius 2 is 1.85 bits per heavy atom. The van der Waals surface area contributed by atoms with Gasteiger partial charge in [-0.3, -0.25) is 0 Å². The SMILES string of the molecule is COc1c(C(N)c2cc(Br)ccc2F)ccc(C)c1C. The standard InChI is InChI=1S/C16H17BrFNO/c1-9-4-6-12(16(20-3)10(9)2)15(19)13-8-11(17)5-7-14(13)18/h4-8,15H,19H2,1-3H3. The lowest BCUT2D eigenvalue weighted by Crippen LogP contribution is -2.15. The van der Waals surface area contributed by atoms with Crippen LogP contribution in [0, 0.1) is 19.7 Å². The zero-order valence-electron chi connectivity index (χ0n) is 11.7. The fourth-order valence-electron chi connectivity index (χ4n) is 2.25. The maximum atomic E-state index is 14.0. The zero-order valence-corrected chi connectivity index (χ0v) is 13.3. The smallest absolute Gasteiger partial charge is 0.128 e. The van der Waals surface area contributed by atoms with E-state index < -0.39 is 6.04 Å². The fraction of sp³-hybridized carbons (Fsp3) is 0.250. The topological polar surface area (TPSA) is 35.2 Å². The predicted octanol–water partition coefficient (Wildman–Crippen LogP) is 4.26. The molecule has 0 saturated carbocycles. The van der Waals surface area contributed by atoms with Crippen molar-refractivity contribution >= 4 is 15.9 Å². The molecule has 0 aliphatic carbocycles. The van der Waals surface area contributed by atoms with Crippen LogP contribution in [0.2, 0.25) is 0 Å². The molecule has 0 fully saturated rings. The van der Waals surface area contributed by atoms with Crippen molar-refractivity contribution in [3.8, 4) is 5.75 Å². The molecular weight excluding hydrogens is 321 g/mol. The van der Waals surface area contributed by atoms with E-state index in [0.29, 0.717) is 5.56 Å². The average molecular weight is 338 g/mol. The van der Waals surface area contributed by atoms with Crippen LogP contribution in [0.15, 0.2) is 34.8 Å². The van der Waals surface area contributed by atoms with Crippen LogP contribution in [-0.4, -0.2) is 7.11 Å². The minimum atomic E-state index is -0.568. The number of halogens is 2. The van der Waals surface area contributed by atoms with Crippen molar-refractivity contribution in [2.24, 2.45) is 5.73 Å². The van der Waals surface area contributed by atoms with E-state index >= 15 is 0 Å². The summed E-state index contributed by atoms with van der Waals surface area (Å²) in [5.74, 6) is 0.401. The summed E-state index contributed by atoms with van der Waals surface area (Å²) in [5, 5.41) is 0. The second-order valence-electron chi connectivity index (χ2n) is 4.77. The second kappa shape index (κ2) is 5.94. The molecule has 2 nitrogen and oxygen atoms in total. The van der Waals surface area contributed by atoms with Crippen molar-refractivity contribution in [3.63, 3.8) is 0 Å². The first-order valence-electron chi connectivity index (χ1n) is 6.30. The van der Waals surface area contributed by atoms with Crippen molar-refractivity contribution in [1.82, 2.24) is 0 Å². The quantitative estimate of drug-likeness (QED) is 0.907. The minimum Gasteiger partial charge on any atom is -0.496 e. The lowest BCUT2D eigenvalue weighted by molar-refractivity contribution is 0.404. The van der Waals surface area contributed by atoms with Gasteiger partial charge in [0.1, 0.15) is 11.6 Å². The summed E-state index contributed by atoms with van der Waals surface area (Å²) in [4.78, 5) is 0. The zero-order chi connectivity index (χ0) is 14.9. The Bertz CT molecular complexity index is 643. The number of hydrogen-bond acceptors (Lipinski definition) is 2. The summed E-state index contributed by atoms with van der Waals surface area (Å²) >= 11 is 3.35. The van der Waals surface area contributed by atoms with Gasteiger partial charge in [0.25, 0.3) is 0 Å². The third-order valence-corrected chi connectivity index (χ3v) is 4.03. The molecule has 0 aliphatic heterocycles. The molecule has 0 amide bonds. The third kappa shape index (κ3) is 2.72. The highest BCUT2D eigenvalue weighted by Crippen LogP contribution is 2.34. The molecule has 0 aromatic heterocycles. The van der Waals surface area contributed by atoms with E-state index in [4.69, 9.17) is 10.5 Å². The van der Waals surface area contributed by atoms with E-state index in [1.165, 1.54) is 6.07 Å². The van der Waals surface area contributed by atoms with Gasteiger partial charge < -0.3 is 10.5 Å². The maximum Gasteiger partial charge on any atom is 0.128 e. The van der Waals surface area contributed by atoms with E-state index in [1.807, 2.05) is 26.0 Å². The number of aryl methyl sites for hydroxylation is 1. The molecule has 2 aromatic carbocycles. The van der Waals surface area contributed by atoms with Crippen LogP contribution in [-0.2, 0) is 0 Å². The lowest BCUT2D eigenvalue weighted by atomic mass is 9.94. The van der Waals surface area contributed by atoms with Crippen molar-refractivity contribution < 1.29 is 9.13 Å². The van der Waals surface area contributed by atoms with Crippen molar-refractivity contribution in [2.45, 2.75) is 19.9 Å². The summed E-state index contributed by atoms with van der Waals surface area (Å²) in [7, 11) is 1.61. The Labute approximate surface area is 126 Å². The van der Waals surface area contributed by atoms with E-state index in [2.05, 4.69) is 15.9 Å². The molecule has 0 bridgehead atoms. The number of hydrogen-bond donors (Lipinski definition) is 1. The van der Waals surface area contributed by atoms with Crippen LogP contribution in [0.25, 0.3) is 0 Å². The molecule has 20 heavy (non-hydrogen) atoms. The number of ether oxygens (including phenoxy) is 1. The van der Waals surface area contributed by atoms with Crippen LogP contribution in [0.3, 0.4) is 0 Å². The van der Waals surface area contributed by atoms with Gasteiger partial charge in [-0.05, 0) is 43.2 Å². The number of methoxy groups -OCH3 is 1. The van der Waals surface area contributed by atoms with Crippen molar-refractivity contribution in [3.05, 3.63) is 62.9 Å². The number of nitrogens with two attached hydrogens (primary N) is 1. The summed E-state index contributed by atoms with van der Waals surface area (Å²) in [6.45, 7) is 3.98. The van der Waals surface area contributed by atoms with Crippen LogP contribution < -0.4 is 10.5 Å². The molecule has 0 heterocycles. The van der Waals surface area contributed by atoms with Gasteiger partial charge in [0.15, 0.2) is 0 Å². The van der Waals surface area contributed by atoms with E-state index in [1.54, 1.807) is 19.2 Å². The highest BCUT2D eigenvalue weighted by molar-refractivity contribution is 9.10. The van der Waals surface area contributed by atoms with Gasteiger partial charge in [-0.15, -0.1) is 0 Å². The molecule has 0 saturated heterocycles. The Kier molecular flexibility index (Phi) is 4.45. The first-order valence-corrected chi connectivity index (χ1v) is 7.09. The second-order valence-corrected chi connectivity index (χ2v) is 5.69. The number of rotatable bonds is 3. The Morgan fingerprint density at radius 1 is 1.15 bits per heavy atom. The highest BCUT2D eigenvalue weighted by atomic mass is 79.9. The molecule has 2 N–H and O–H groups in total. The van der Waals surface area contributed by atoms with Crippen LogP contribution in [0.1, 0.15) is 28.3 Å². The van der Waals surface area contributed by atoms with E-state index in [9.17, 15) is 4.39 Å². The molecule has 4 heteroatoms. The van der Waals surface area contributed by atoms with Crippen LogP contribution in [0.4, 0.5) is 4.39 Å². The predicted molar refractivity (Wildman–Crippen MR) is 82.6 cm³/mol. The first kappa shape index (κ1) is 15.0. The normalized spacial score (nSPS) is 12.3. The summed E-state index contributed by atoms with van der Waals surface area (Å²) < 4.78 is 20.2. The Morgan fingerprint density at radius 3 is 2.50 bits per heavy atom. The van der Waals surface area contributed by atoms with Gasteiger partial charge in [-0.25, -0.2) is 4.39 Å². The molecule has 2 aromatic rings. The molecule has 1 unspecified atom stereocenters. The molecule has 106 valence electrons. The average Bonchev–Trinajstić information content (AvgIpc) is 2.43. The minimum absolute atomic E-state index is 0.319. The molecular formula is C16H17BrFNO.